The summed E-state index contributed by atoms with van der Waals surface area (Å²) in [6, 6.07) is 0. The third kappa shape index (κ3) is 3.08. The topological polar surface area (TPSA) is 102 Å². The number of amides is 1. The SMILES string of the molecule is Cc1nc2nc(C)c(O[C@@H]3CCN(c4cnc(C56CC(C(=O)N7CC(C)C7)(C5)C6)nc4)C3)c(C)n2n1. The highest BCUT2D eigenvalue weighted by Crippen LogP contribution is 2.73. The van der Waals surface area contributed by atoms with Gasteiger partial charge in [-0.3, -0.25) is 4.79 Å². The van der Waals surface area contributed by atoms with E-state index in [2.05, 4.69) is 26.9 Å². The lowest BCUT2D eigenvalue weighted by molar-refractivity contribution is -0.194. The number of hydrogen-bond donors (Lipinski definition) is 0. The van der Waals surface area contributed by atoms with Crippen molar-refractivity contribution in [2.45, 2.75) is 64.9 Å². The van der Waals surface area contributed by atoms with E-state index >= 15 is 0 Å². The molecule has 0 spiro atoms. The molecular formula is C26H32N8O2. The third-order valence-electron chi connectivity index (χ3n) is 8.68. The highest BCUT2D eigenvalue weighted by Gasteiger charge is 2.74. The van der Waals surface area contributed by atoms with Crippen LogP contribution in [0.4, 0.5) is 5.69 Å². The van der Waals surface area contributed by atoms with Gasteiger partial charge in [0.25, 0.3) is 5.78 Å². The van der Waals surface area contributed by atoms with E-state index in [1.54, 1.807) is 4.52 Å². The van der Waals surface area contributed by atoms with Gasteiger partial charge in [-0.1, -0.05) is 6.92 Å². The number of aryl methyl sites for hydroxylation is 3. The molecule has 10 heteroatoms. The molecule has 3 aromatic rings. The Bertz CT molecular complexity index is 1360. The molecule has 3 aliphatic carbocycles. The lowest BCUT2D eigenvalue weighted by Gasteiger charge is -2.69. The number of anilines is 1. The molecule has 0 radical (unpaired) electrons. The zero-order chi connectivity index (χ0) is 24.8. The summed E-state index contributed by atoms with van der Waals surface area (Å²) in [6.45, 7) is 11.5. The van der Waals surface area contributed by atoms with Gasteiger partial charge in [-0.25, -0.2) is 15.0 Å². The maximum Gasteiger partial charge on any atom is 0.253 e. The van der Waals surface area contributed by atoms with Gasteiger partial charge in [-0.2, -0.15) is 9.50 Å². The van der Waals surface area contributed by atoms with Crippen LogP contribution in [0.25, 0.3) is 5.78 Å². The summed E-state index contributed by atoms with van der Waals surface area (Å²) in [5, 5.41) is 4.44. The van der Waals surface area contributed by atoms with Crippen LogP contribution in [0.15, 0.2) is 12.4 Å². The molecule has 0 aromatic carbocycles. The molecule has 5 aliphatic rings. The van der Waals surface area contributed by atoms with E-state index < -0.39 is 0 Å². The van der Waals surface area contributed by atoms with Crippen molar-refractivity contribution < 1.29 is 9.53 Å². The van der Waals surface area contributed by atoms with E-state index in [4.69, 9.17) is 14.7 Å². The standard InChI is InChI=1S/C26H32N8O2/c1-15-9-33(10-15)23(35)26-12-25(13-26,14-26)22-27-7-19(8-28-22)32-6-5-20(11-32)36-21-16(2)29-24-30-18(4)31-34(24)17(21)3/h7-8,15,20H,5-6,9-14H2,1-4H3/t20-,25?,26?/m1/s1. The van der Waals surface area contributed by atoms with Crippen molar-refractivity contribution in [2.75, 3.05) is 31.1 Å². The van der Waals surface area contributed by atoms with Gasteiger partial charge in [0.1, 0.15) is 17.8 Å². The summed E-state index contributed by atoms with van der Waals surface area (Å²) in [4.78, 5) is 35.6. The van der Waals surface area contributed by atoms with Gasteiger partial charge >= 0.3 is 0 Å². The normalized spacial score (nSPS) is 29.2. The molecule has 5 fully saturated rings. The first kappa shape index (κ1) is 21.9. The summed E-state index contributed by atoms with van der Waals surface area (Å²) in [5.41, 5.74) is 2.66. The summed E-state index contributed by atoms with van der Waals surface area (Å²) >= 11 is 0. The monoisotopic (exact) mass is 488 g/mol. The number of hydrogen-bond acceptors (Lipinski definition) is 8. The number of nitrogens with zero attached hydrogens (tertiary/aromatic N) is 8. The lowest BCUT2D eigenvalue weighted by Crippen LogP contribution is -2.72. The minimum Gasteiger partial charge on any atom is -0.485 e. The first-order valence-corrected chi connectivity index (χ1v) is 13.0. The Kier molecular flexibility index (Phi) is 4.49. The minimum absolute atomic E-state index is 0.0156. The van der Waals surface area contributed by atoms with E-state index in [1.807, 2.05) is 38.1 Å². The Labute approximate surface area is 210 Å². The van der Waals surface area contributed by atoms with Crippen molar-refractivity contribution in [1.82, 2.24) is 34.4 Å². The van der Waals surface area contributed by atoms with Crippen LogP contribution in [0.1, 0.15) is 55.6 Å². The van der Waals surface area contributed by atoms with Crippen molar-refractivity contribution in [2.24, 2.45) is 11.3 Å². The molecule has 8 rings (SSSR count). The molecule has 3 saturated carbocycles. The maximum absolute atomic E-state index is 12.8. The lowest BCUT2D eigenvalue weighted by atomic mass is 9.34. The number of rotatable bonds is 5. The summed E-state index contributed by atoms with van der Waals surface area (Å²) in [6.07, 6.45) is 7.58. The molecule has 36 heavy (non-hydrogen) atoms. The van der Waals surface area contributed by atoms with Crippen LogP contribution in [0.3, 0.4) is 0 Å². The van der Waals surface area contributed by atoms with E-state index in [0.717, 1.165) is 80.5 Å². The zero-order valence-corrected chi connectivity index (χ0v) is 21.4. The number of carbonyl (C=O) groups excluding carboxylic acids is 1. The molecular weight excluding hydrogens is 456 g/mol. The average molecular weight is 489 g/mol. The Balaban J connectivity index is 0.993. The second-order valence-electron chi connectivity index (χ2n) is 11.6. The largest absolute Gasteiger partial charge is 0.485 e. The zero-order valence-electron chi connectivity index (χ0n) is 21.4. The highest BCUT2D eigenvalue weighted by atomic mass is 16.5. The average Bonchev–Trinajstić information content (AvgIpc) is 3.39. The molecule has 0 unspecified atom stereocenters. The van der Waals surface area contributed by atoms with E-state index in [9.17, 15) is 4.79 Å². The predicted octanol–water partition coefficient (Wildman–Crippen LogP) is 2.40. The number of likely N-dealkylation sites (tertiary alicyclic amines) is 1. The molecule has 1 amide bonds. The third-order valence-corrected chi connectivity index (χ3v) is 8.68. The molecule has 3 aromatic heterocycles. The molecule has 5 heterocycles. The van der Waals surface area contributed by atoms with Crippen LogP contribution in [-0.2, 0) is 10.2 Å². The van der Waals surface area contributed by atoms with E-state index in [1.165, 1.54) is 0 Å². The van der Waals surface area contributed by atoms with Gasteiger partial charge in [-0.05, 0) is 46.0 Å². The van der Waals surface area contributed by atoms with Gasteiger partial charge in [0, 0.05) is 31.5 Å². The van der Waals surface area contributed by atoms with Crippen LogP contribution in [0, 0.1) is 32.1 Å². The predicted molar refractivity (Wildman–Crippen MR) is 132 cm³/mol. The molecule has 10 nitrogen and oxygen atoms in total. The van der Waals surface area contributed by atoms with Crippen LogP contribution < -0.4 is 9.64 Å². The van der Waals surface area contributed by atoms with Gasteiger partial charge in [-0.15, -0.1) is 5.10 Å². The van der Waals surface area contributed by atoms with Crippen molar-refractivity contribution in [3.63, 3.8) is 0 Å². The highest BCUT2D eigenvalue weighted by molar-refractivity contribution is 5.88. The van der Waals surface area contributed by atoms with Crippen LogP contribution in [-0.4, -0.2) is 72.6 Å². The second-order valence-corrected chi connectivity index (χ2v) is 11.6. The summed E-state index contributed by atoms with van der Waals surface area (Å²) in [5.74, 6) is 4.00. The summed E-state index contributed by atoms with van der Waals surface area (Å²) < 4.78 is 8.17. The number of aromatic nitrogens is 6. The molecule has 2 saturated heterocycles. The van der Waals surface area contributed by atoms with Crippen molar-refractivity contribution in [1.29, 1.82) is 0 Å². The quantitative estimate of drug-likeness (QED) is 0.540. The van der Waals surface area contributed by atoms with Gasteiger partial charge < -0.3 is 14.5 Å². The molecule has 0 N–H and O–H groups in total. The van der Waals surface area contributed by atoms with Crippen LogP contribution >= 0.6 is 0 Å². The van der Waals surface area contributed by atoms with Crippen LogP contribution in [0.2, 0.25) is 0 Å². The Morgan fingerprint density at radius 2 is 1.78 bits per heavy atom. The Hall–Kier alpha value is -3.30. The Morgan fingerprint density at radius 1 is 1.06 bits per heavy atom. The summed E-state index contributed by atoms with van der Waals surface area (Å²) in [7, 11) is 0. The number of carbonyl (C=O) groups is 1. The first-order chi connectivity index (χ1) is 17.3. The van der Waals surface area contributed by atoms with Crippen LogP contribution in [0.5, 0.6) is 5.75 Å². The Morgan fingerprint density at radius 3 is 2.47 bits per heavy atom. The fourth-order valence-corrected chi connectivity index (χ4v) is 6.87. The minimum atomic E-state index is -0.124. The van der Waals surface area contributed by atoms with E-state index in [0.29, 0.717) is 23.4 Å². The van der Waals surface area contributed by atoms with Crippen molar-refractivity contribution in [3.05, 3.63) is 35.4 Å². The molecule has 2 aliphatic heterocycles. The van der Waals surface area contributed by atoms with Gasteiger partial charge in [0.15, 0.2) is 5.75 Å². The molecule has 2 bridgehead atoms. The number of fused-ring (bicyclic) bond motifs is 1. The van der Waals surface area contributed by atoms with Gasteiger partial charge in [0.05, 0.1) is 41.4 Å². The fourth-order valence-electron chi connectivity index (χ4n) is 6.87. The van der Waals surface area contributed by atoms with Gasteiger partial charge in [0.2, 0.25) is 5.91 Å². The second kappa shape index (κ2) is 7.36. The smallest absolute Gasteiger partial charge is 0.253 e. The van der Waals surface area contributed by atoms with Crippen molar-refractivity contribution >= 4 is 17.4 Å². The fraction of sp³-hybridized carbons (Fsp3) is 0.615. The number of ether oxygens (including phenoxy) is 1. The van der Waals surface area contributed by atoms with Crippen molar-refractivity contribution in [3.8, 4) is 5.75 Å². The molecule has 1 atom stereocenters. The first-order valence-electron chi connectivity index (χ1n) is 13.0. The molecule has 188 valence electrons. The van der Waals surface area contributed by atoms with E-state index in [-0.39, 0.29) is 16.9 Å². The maximum atomic E-state index is 12.8.